The number of nitrogens with zero attached hydrogens (tertiary/aromatic N) is 1. The Balaban J connectivity index is 1.92. The van der Waals surface area contributed by atoms with Crippen molar-refractivity contribution in [3.63, 3.8) is 0 Å². The monoisotopic (exact) mass is 568 g/mol. The van der Waals surface area contributed by atoms with Crippen molar-refractivity contribution in [3.8, 4) is 11.5 Å². The number of anilines is 1. The molecule has 0 fully saturated rings. The van der Waals surface area contributed by atoms with Gasteiger partial charge in [0, 0.05) is 23.5 Å². The fraction of sp³-hybridized carbons (Fsp3) is 0.333. The molecule has 0 saturated heterocycles. The second-order valence-corrected chi connectivity index (χ2v) is 11.6. The minimum atomic E-state index is -3.27. The largest absolute Gasteiger partial charge is 0.466 e. The minimum Gasteiger partial charge on any atom is -0.466 e. The molecule has 0 bridgehead atoms. The van der Waals surface area contributed by atoms with E-state index in [1.165, 1.54) is 7.11 Å². The van der Waals surface area contributed by atoms with E-state index in [0.717, 1.165) is 17.4 Å². The van der Waals surface area contributed by atoms with Crippen LogP contribution in [0.1, 0.15) is 30.5 Å². The molecule has 1 atom stereocenters. The first-order chi connectivity index (χ1) is 19.1. The molecule has 40 heavy (non-hydrogen) atoms. The summed E-state index contributed by atoms with van der Waals surface area (Å²) in [5, 5.41) is 2.91. The highest BCUT2D eigenvalue weighted by Gasteiger charge is 2.23. The first-order valence-electron chi connectivity index (χ1n) is 12.9. The van der Waals surface area contributed by atoms with Gasteiger partial charge in [0.1, 0.15) is 17.4 Å². The van der Waals surface area contributed by atoms with Gasteiger partial charge in [-0.15, -0.1) is 0 Å². The fourth-order valence-corrected chi connectivity index (χ4v) is 4.55. The standard InChI is InChI=1S/C30H36N2O7S/c1-5-38-29(33)18-24-12-9-13-27(17-24)39-28-15-14-26(31-21-40(4,35)36)19-25(28)20-32(30(34)37-3)22(2)16-23-10-7-6-8-11-23/h6-15,17,19,22,31H,5,16,18,20-21H2,1-4H3/t22-/m0/s1. The summed E-state index contributed by atoms with van der Waals surface area (Å²) in [6.45, 7) is 4.14. The molecule has 9 nitrogen and oxygen atoms in total. The van der Waals surface area contributed by atoms with Gasteiger partial charge in [0.25, 0.3) is 0 Å². The highest BCUT2D eigenvalue weighted by molar-refractivity contribution is 7.90. The van der Waals surface area contributed by atoms with Crippen LogP contribution < -0.4 is 10.1 Å². The molecule has 0 aromatic heterocycles. The molecule has 1 amide bonds. The van der Waals surface area contributed by atoms with Gasteiger partial charge in [0.15, 0.2) is 9.84 Å². The molecule has 1 N–H and O–H groups in total. The zero-order valence-corrected chi connectivity index (χ0v) is 24.1. The highest BCUT2D eigenvalue weighted by atomic mass is 32.2. The average Bonchev–Trinajstić information content (AvgIpc) is 2.91. The molecule has 3 aromatic rings. The van der Waals surface area contributed by atoms with Crippen LogP contribution in [0.3, 0.4) is 0 Å². The Kier molecular flexibility index (Phi) is 11.0. The number of amides is 1. The first kappa shape index (κ1) is 30.5. The third-order valence-electron chi connectivity index (χ3n) is 6.03. The van der Waals surface area contributed by atoms with Crippen LogP contribution in [0.5, 0.6) is 11.5 Å². The third kappa shape index (κ3) is 9.60. The van der Waals surface area contributed by atoms with Crippen LogP contribution in [-0.4, -0.2) is 57.3 Å². The minimum absolute atomic E-state index is 0.110. The van der Waals surface area contributed by atoms with E-state index < -0.39 is 15.9 Å². The maximum Gasteiger partial charge on any atom is 0.410 e. The molecule has 0 spiro atoms. The van der Waals surface area contributed by atoms with Crippen LogP contribution in [-0.2, 0) is 43.5 Å². The van der Waals surface area contributed by atoms with E-state index in [4.69, 9.17) is 14.2 Å². The lowest BCUT2D eigenvalue weighted by molar-refractivity contribution is -0.142. The van der Waals surface area contributed by atoms with Crippen molar-refractivity contribution in [2.45, 2.75) is 39.3 Å². The van der Waals surface area contributed by atoms with Crippen molar-refractivity contribution < 1.29 is 32.2 Å². The molecule has 0 aliphatic rings. The van der Waals surface area contributed by atoms with Crippen LogP contribution in [0.2, 0.25) is 0 Å². The summed E-state index contributed by atoms with van der Waals surface area (Å²) in [5.41, 5.74) is 3.00. The van der Waals surface area contributed by atoms with Crippen molar-refractivity contribution in [1.82, 2.24) is 4.90 Å². The maximum atomic E-state index is 12.9. The summed E-state index contributed by atoms with van der Waals surface area (Å²) < 4.78 is 39.8. The van der Waals surface area contributed by atoms with Crippen molar-refractivity contribution in [2.75, 3.05) is 31.2 Å². The highest BCUT2D eigenvalue weighted by Crippen LogP contribution is 2.31. The van der Waals surface area contributed by atoms with Crippen LogP contribution in [0, 0.1) is 0 Å². The predicted octanol–water partition coefficient (Wildman–Crippen LogP) is 5.20. The van der Waals surface area contributed by atoms with Crippen molar-refractivity contribution in [1.29, 1.82) is 0 Å². The SMILES string of the molecule is CCOC(=O)Cc1cccc(Oc2ccc(NCS(C)(=O)=O)cc2CN(C(=O)OC)[C@@H](C)Cc2ccccc2)c1. The Morgan fingerprint density at radius 3 is 2.38 bits per heavy atom. The first-order valence-corrected chi connectivity index (χ1v) is 15.0. The Hall–Kier alpha value is -4.05. The molecule has 0 aliphatic carbocycles. The smallest absolute Gasteiger partial charge is 0.410 e. The number of methoxy groups -OCH3 is 1. The van der Waals surface area contributed by atoms with Crippen LogP contribution in [0.4, 0.5) is 10.5 Å². The lowest BCUT2D eigenvalue weighted by Crippen LogP contribution is -2.39. The Labute approximate surface area is 236 Å². The molecule has 0 heterocycles. The van der Waals surface area contributed by atoms with Gasteiger partial charge in [-0.3, -0.25) is 4.79 Å². The summed E-state index contributed by atoms with van der Waals surface area (Å²) in [6.07, 6.45) is 1.36. The molecule has 3 rings (SSSR count). The van der Waals surface area contributed by atoms with Gasteiger partial charge in [0.05, 0.1) is 26.7 Å². The molecule has 3 aromatic carbocycles. The number of rotatable bonds is 13. The van der Waals surface area contributed by atoms with Crippen molar-refractivity contribution >= 4 is 27.6 Å². The second kappa shape index (κ2) is 14.4. The number of nitrogens with one attached hydrogen (secondary N) is 1. The molecule has 10 heteroatoms. The van der Waals surface area contributed by atoms with Gasteiger partial charge in [-0.1, -0.05) is 42.5 Å². The summed E-state index contributed by atoms with van der Waals surface area (Å²) in [7, 11) is -1.93. The van der Waals surface area contributed by atoms with E-state index in [9.17, 15) is 18.0 Å². The Morgan fingerprint density at radius 1 is 0.975 bits per heavy atom. The maximum absolute atomic E-state index is 12.9. The van der Waals surface area contributed by atoms with Gasteiger partial charge in [0.2, 0.25) is 0 Å². The number of ether oxygens (including phenoxy) is 3. The van der Waals surface area contributed by atoms with Crippen molar-refractivity contribution in [2.24, 2.45) is 0 Å². The van der Waals surface area contributed by atoms with Crippen molar-refractivity contribution in [3.05, 3.63) is 89.5 Å². The topological polar surface area (TPSA) is 111 Å². The molecular weight excluding hydrogens is 532 g/mol. The molecule has 214 valence electrons. The fourth-order valence-electron chi connectivity index (χ4n) is 4.12. The van der Waals surface area contributed by atoms with E-state index in [-0.39, 0.29) is 30.9 Å². The van der Waals surface area contributed by atoms with E-state index in [1.54, 1.807) is 48.2 Å². The van der Waals surface area contributed by atoms with E-state index in [0.29, 0.717) is 35.8 Å². The summed E-state index contributed by atoms with van der Waals surface area (Å²) >= 11 is 0. The zero-order chi connectivity index (χ0) is 29.1. The lowest BCUT2D eigenvalue weighted by Gasteiger charge is -2.29. The molecule has 0 saturated carbocycles. The van der Waals surface area contributed by atoms with Gasteiger partial charge in [-0.25, -0.2) is 13.2 Å². The average molecular weight is 569 g/mol. The number of carbonyl (C=O) groups excluding carboxylic acids is 2. The normalized spacial score (nSPS) is 11.8. The van der Waals surface area contributed by atoms with E-state index >= 15 is 0 Å². The number of hydrogen-bond acceptors (Lipinski definition) is 8. The number of hydrogen-bond donors (Lipinski definition) is 1. The third-order valence-corrected chi connectivity index (χ3v) is 6.70. The van der Waals surface area contributed by atoms with E-state index in [1.807, 2.05) is 43.3 Å². The molecule has 0 unspecified atom stereocenters. The van der Waals surface area contributed by atoms with Gasteiger partial charge >= 0.3 is 12.1 Å². The van der Waals surface area contributed by atoms with Crippen LogP contribution in [0.15, 0.2) is 72.8 Å². The molecule has 0 radical (unpaired) electrons. The number of benzene rings is 3. The number of sulfone groups is 1. The van der Waals surface area contributed by atoms with E-state index in [2.05, 4.69) is 5.32 Å². The van der Waals surface area contributed by atoms with Gasteiger partial charge < -0.3 is 24.4 Å². The molecule has 0 aliphatic heterocycles. The predicted molar refractivity (Wildman–Crippen MR) is 154 cm³/mol. The summed E-state index contributed by atoms with van der Waals surface area (Å²) in [5.74, 6) is 0.400. The number of carbonyl (C=O) groups is 2. The summed E-state index contributed by atoms with van der Waals surface area (Å²) in [4.78, 5) is 26.4. The number of esters is 1. The Bertz CT molecular complexity index is 1390. The quantitative estimate of drug-likeness (QED) is 0.280. The zero-order valence-electron chi connectivity index (χ0n) is 23.3. The van der Waals surface area contributed by atoms with Gasteiger partial charge in [-0.05, 0) is 61.7 Å². The lowest BCUT2D eigenvalue weighted by atomic mass is 10.0. The van der Waals surface area contributed by atoms with Crippen LogP contribution >= 0.6 is 0 Å². The van der Waals surface area contributed by atoms with Gasteiger partial charge in [-0.2, -0.15) is 0 Å². The Morgan fingerprint density at radius 2 is 1.70 bits per heavy atom. The summed E-state index contributed by atoms with van der Waals surface area (Å²) in [6, 6.07) is 21.9. The van der Waals surface area contributed by atoms with Crippen LogP contribution in [0.25, 0.3) is 0 Å². The second-order valence-electron chi connectivity index (χ2n) is 9.44. The molecular formula is C30H36N2O7S.